The Balaban J connectivity index is 1.71. The second kappa shape index (κ2) is 10.5. The minimum Gasteiger partial charge on any atom is -0.463 e. The average Bonchev–Trinajstić information content (AvgIpc) is 2.78. The van der Waals surface area contributed by atoms with Crippen molar-refractivity contribution >= 4 is 22.0 Å². The molecule has 10 heteroatoms. The van der Waals surface area contributed by atoms with Gasteiger partial charge in [-0.25, -0.2) is 18.0 Å². The Labute approximate surface area is 202 Å². The first-order valence-electron chi connectivity index (χ1n) is 11.8. The molecule has 3 rings (SSSR count). The highest BCUT2D eigenvalue weighted by Crippen LogP contribution is 2.25. The molecule has 0 radical (unpaired) electrons. The molecule has 1 unspecified atom stereocenters. The molecule has 1 fully saturated rings. The van der Waals surface area contributed by atoms with Crippen molar-refractivity contribution in [1.82, 2.24) is 19.8 Å². The zero-order valence-corrected chi connectivity index (χ0v) is 21.5. The Morgan fingerprint density at radius 3 is 2.24 bits per heavy atom. The van der Waals surface area contributed by atoms with Crippen molar-refractivity contribution in [2.24, 2.45) is 0 Å². The molecule has 0 aromatic heterocycles. The van der Waals surface area contributed by atoms with Crippen molar-refractivity contribution in [3.05, 3.63) is 41.1 Å². The number of piperazine rings is 1. The zero-order valence-electron chi connectivity index (χ0n) is 20.7. The first-order valence-corrected chi connectivity index (χ1v) is 13.2. The molecule has 34 heavy (non-hydrogen) atoms. The zero-order chi connectivity index (χ0) is 25.1. The topological polar surface area (TPSA) is 108 Å². The number of rotatable bonds is 7. The standard InChI is InChI=1S/C24H36N4O5S/c1-6-19-21(22(29)33-7-2)20(26-23(30)25-19)16-27-12-14-28(15-13-27)34(31,32)18-10-8-17(9-11-18)24(3,4)5/h8-11,19H,6-7,12-16H2,1-5H3,(H2,25,26,30). The van der Waals surface area contributed by atoms with Crippen molar-refractivity contribution in [2.75, 3.05) is 39.3 Å². The summed E-state index contributed by atoms with van der Waals surface area (Å²) in [5, 5.41) is 5.52. The van der Waals surface area contributed by atoms with Crippen LogP contribution >= 0.6 is 0 Å². The molecule has 0 bridgehead atoms. The van der Waals surface area contributed by atoms with Gasteiger partial charge in [0.25, 0.3) is 0 Å². The Hall–Kier alpha value is -2.43. The van der Waals surface area contributed by atoms with E-state index in [0.717, 1.165) is 5.56 Å². The van der Waals surface area contributed by atoms with Crippen LogP contribution in [0.15, 0.2) is 40.4 Å². The molecule has 2 aliphatic rings. The number of benzene rings is 1. The van der Waals surface area contributed by atoms with Crippen molar-refractivity contribution in [3.8, 4) is 0 Å². The van der Waals surface area contributed by atoms with Gasteiger partial charge in [-0.1, -0.05) is 39.8 Å². The Morgan fingerprint density at radius 2 is 1.71 bits per heavy atom. The summed E-state index contributed by atoms with van der Waals surface area (Å²) in [6.07, 6.45) is 0.561. The number of nitrogens with zero attached hydrogens (tertiary/aromatic N) is 2. The molecule has 9 nitrogen and oxygen atoms in total. The third-order valence-electron chi connectivity index (χ3n) is 6.22. The smallest absolute Gasteiger partial charge is 0.337 e. The minimum atomic E-state index is -3.59. The Bertz CT molecular complexity index is 1040. The van der Waals surface area contributed by atoms with Crippen molar-refractivity contribution in [3.63, 3.8) is 0 Å². The van der Waals surface area contributed by atoms with Gasteiger partial charge in [0.1, 0.15) is 0 Å². The van der Waals surface area contributed by atoms with E-state index < -0.39 is 22.0 Å². The third kappa shape index (κ3) is 5.79. The van der Waals surface area contributed by atoms with Crippen LogP contribution in [0, 0.1) is 0 Å². The molecule has 2 N–H and O–H groups in total. The fourth-order valence-corrected chi connectivity index (χ4v) is 5.64. The summed E-state index contributed by atoms with van der Waals surface area (Å²) in [7, 11) is -3.59. The van der Waals surface area contributed by atoms with E-state index in [1.165, 1.54) is 4.31 Å². The van der Waals surface area contributed by atoms with E-state index in [9.17, 15) is 18.0 Å². The molecule has 2 amide bonds. The SMILES string of the molecule is CCOC(=O)C1=C(CN2CCN(S(=O)(=O)c3ccc(C(C)(C)C)cc3)CC2)NC(=O)NC1CC. The second-order valence-electron chi connectivity index (χ2n) is 9.63. The maximum Gasteiger partial charge on any atom is 0.337 e. The summed E-state index contributed by atoms with van der Waals surface area (Å²) >= 11 is 0. The molecule has 0 spiro atoms. The summed E-state index contributed by atoms with van der Waals surface area (Å²) < 4.78 is 33.0. The molecule has 188 valence electrons. The lowest BCUT2D eigenvalue weighted by molar-refractivity contribution is -0.139. The molecule has 1 aromatic carbocycles. The molecule has 2 heterocycles. The molecular formula is C24H36N4O5S. The van der Waals surface area contributed by atoms with Gasteiger partial charge in [0, 0.05) is 38.4 Å². The fourth-order valence-electron chi connectivity index (χ4n) is 4.21. The summed E-state index contributed by atoms with van der Waals surface area (Å²) in [5.41, 5.74) is 1.98. The largest absolute Gasteiger partial charge is 0.463 e. The Morgan fingerprint density at radius 1 is 1.09 bits per heavy atom. The number of hydrogen-bond donors (Lipinski definition) is 2. The lowest BCUT2D eigenvalue weighted by Crippen LogP contribution is -2.54. The van der Waals surface area contributed by atoms with Gasteiger partial charge in [0.15, 0.2) is 0 Å². The molecular weight excluding hydrogens is 456 g/mol. The molecule has 1 saturated heterocycles. The molecule has 0 saturated carbocycles. The molecule has 0 aliphatic carbocycles. The van der Waals surface area contributed by atoms with Gasteiger partial charge >= 0.3 is 12.0 Å². The van der Waals surface area contributed by atoms with Gasteiger partial charge in [-0.2, -0.15) is 4.31 Å². The summed E-state index contributed by atoms with van der Waals surface area (Å²) in [4.78, 5) is 27.0. The molecule has 2 aliphatic heterocycles. The van der Waals surface area contributed by atoms with Gasteiger partial charge in [-0.3, -0.25) is 4.90 Å². The van der Waals surface area contributed by atoms with Gasteiger partial charge < -0.3 is 15.4 Å². The number of carbonyl (C=O) groups is 2. The van der Waals surface area contributed by atoms with Gasteiger partial charge in [-0.05, 0) is 36.5 Å². The van der Waals surface area contributed by atoms with E-state index in [1.54, 1.807) is 19.1 Å². The number of nitrogens with one attached hydrogen (secondary N) is 2. The number of sulfonamides is 1. The highest BCUT2D eigenvalue weighted by atomic mass is 32.2. The van der Waals surface area contributed by atoms with Crippen molar-refractivity contribution < 1.29 is 22.7 Å². The van der Waals surface area contributed by atoms with Gasteiger partial charge in [0.05, 0.1) is 23.1 Å². The van der Waals surface area contributed by atoms with Crippen LogP contribution in [0.25, 0.3) is 0 Å². The van der Waals surface area contributed by atoms with Gasteiger partial charge in [-0.15, -0.1) is 0 Å². The normalized spacial score (nSPS) is 20.6. The highest BCUT2D eigenvalue weighted by molar-refractivity contribution is 7.89. The quantitative estimate of drug-likeness (QED) is 0.565. The van der Waals surface area contributed by atoms with Gasteiger partial charge in [0.2, 0.25) is 10.0 Å². The fraction of sp³-hybridized carbons (Fsp3) is 0.583. The summed E-state index contributed by atoms with van der Waals surface area (Å²) in [5.74, 6) is -0.447. The van der Waals surface area contributed by atoms with Crippen LogP contribution in [0.3, 0.4) is 0 Å². The maximum absolute atomic E-state index is 13.2. The first-order chi connectivity index (χ1) is 16.0. The van der Waals surface area contributed by atoms with Crippen LogP contribution < -0.4 is 10.6 Å². The van der Waals surface area contributed by atoms with Crippen LogP contribution in [0.2, 0.25) is 0 Å². The summed E-state index contributed by atoms with van der Waals surface area (Å²) in [6.45, 7) is 12.1. The van der Waals surface area contributed by atoms with Crippen LogP contribution in [0.1, 0.15) is 46.6 Å². The van der Waals surface area contributed by atoms with Crippen LogP contribution in [-0.2, 0) is 25.0 Å². The monoisotopic (exact) mass is 492 g/mol. The van der Waals surface area contributed by atoms with E-state index in [0.29, 0.717) is 50.4 Å². The Kier molecular flexibility index (Phi) is 8.05. The van der Waals surface area contributed by atoms with E-state index in [4.69, 9.17) is 4.74 Å². The number of esters is 1. The van der Waals surface area contributed by atoms with Crippen LogP contribution in [0.4, 0.5) is 4.79 Å². The minimum absolute atomic E-state index is 0.0498. The van der Waals surface area contributed by atoms with E-state index in [-0.39, 0.29) is 22.9 Å². The first kappa shape index (κ1) is 26.2. The predicted octanol–water partition coefficient (Wildman–Crippen LogP) is 2.20. The second-order valence-corrected chi connectivity index (χ2v) is 11.6. The van der Waals surface area contributed by atoms with E-state index in [1.807, 2.05) is 24.0 Å². The number of hydrogen-bond acceptors (Lipinski definition) is 6. The number of carbonyl (C=O) groups excluding carboxylic acids is 2. The van der Waals surface area contributed by atoms with E-state index >= 15 is 0 Å². The highest BCUT2D eigenvalue weighted by Gasteiger charge is 2.34. The van der Waals surface area contributed by atoms with Crippen LogP contribution in [0.5, 0.6) is 0 Å². The summed E-state index contributed by atoms with van der Waals surface area (Å²) in [6, 6.07) is 6.32. The van der Waals surface area contributed by atoms with E-state index in [2.05, 4.69) is 31.4 Å². The lowest BCUT2D eigenvalue weighted by Gasteiger charge is -2.36. The van der Waals surface area contributed by atoms with Crippen LogP contribution in [-0.4, -0.2) is 75.0 Å². The third-order valence-corrected chi connectivity index (χ3v) is 8.13. The molecule has 1 atom stereocenters. The number of urea groups is 1. The lowest BCUT2D eigenvalue weighted by atomic mass is 9.87. The number of amides is 2. The number of ether oxygens (including phenoxy) is 1. The molecule has 1 aromatic rings. The van der Waals surface area contributed by atoms with Crippen molar-refractivity contribution in [2.45, 2.75) is 57.4 Å². The predicted molar refractivity (Wildman–Crippen MR) is 130 cm³/mol. The van der Waals surface area contributed by atoms with Crippen molar-refractivity contribution in [1.29, 1.82) is 0 Å². The maximum atomic E-state index is 13.2. The average molecular weight is 493 g/mol.